The molecule has 0 fully saturated rings. The maximum atomic E-state index is 11.4. The van der Waals surface area contributed by atoms with Gasteiger partial charge in [-0.05, 0) is 45.1 Å². The third kappa shape index (κ3) is 13.9. The number of unbranched alkanes of at least 4 members (excludes halogenated alkanes) is 3. The zero-order chi connectivity index (χ0) is 15.9. The molecular weight excluding hydrogens is 268 g/mol. The first kappa shape index (κ1) is 20.1. The molecule has 0 atom stereocenters. The van der Waals surface area contributed by atoms with Gasteiger partial charge in [-0.3, -0.25) is 4.79 Å². The molecule has 0 heterocycles. The number of esters is 1. The average molecular weight is 300 g/mol. The van der Waals surface area contributed by atoms with Crippen molar-refractivity contribution in [2.45, 2.75) is 66.1 Å². The highest BCUT2D eigenvalue weighted by Crippen LogP contribution is 2.07. The van der Waals surface area contributed by atoms with E-state index in [1.54, 1.807) is 0 Å². The van der Waals surface area contributed by atoms with Crippen LogP contribution in [-0.4, -0.2) is 32.1 Å². The van der Waals surface area contributed by atoms with Crippen molar-refractivity contribution in [2.24, 2.45) is 5.92 Å². The summed E-state index contributed by atoms with van der Waals surface area (Å²) < 4.78 is 16.0. The lowest BCUT2D eigenvalue weighted by Crippen LogP contribution is -2.14. The van der Waals surface area contributed by atoms with Gasteiger partial charge in [0.05, 0.1) is 6.61 Å². The molecule has 0 saturated heterocycles. The van der Waals surface area contributed by atoms with E-state index in [1.807, 2.05) is 33.8 Å². The van der Waals surface area contributed by atoms with E-state index in [0.29, 0.717) is 32.2 Å². The molecular formula is C17H32O4. The Morgan fingerprint density at radius 3 is 2.29 bits per heavy atom. The van der Waals surface area contributed by atoms with Crippen LogP contribution in [0.15, 0.2) is 12.2 Å². The normalized spacial score (nSPS) is 11.7. The number of ether oxygens (including phenoxy) is 3. The predicted molar refractivity (Wildman–Crippen MR) is 85.1 cm³/mol. The van der Waals surface area contributed by atoms with Gasteiger partial charge in [-0.2, -0.15) is 0 Å². The Balaban J connectivity index is 3.55. The third-order valence-corrected chi connectivity index (χ3v) is 2.78. The van der Waals surface area contributed by atoms with Gasteiger partial charge in [0.2, 0.25) is 0 Å². The lowest BCUT2D eigenvalue weighted by atomic mass is 10.1. The maximum Gasteiger partial charge on any atom is 0.305 e. The van der Waals surface area contributed by atoms with Crippen LogP contribution in [0.3, 0.4) is 0 Å². The van der Waals surface area contributed by atoms with Crippen LogP contribution in [-0.2, 0) is 19.0 Å². The van der Waals surface area contributed by atoms with E-state index in [2.05, 4.69) is 6.08 Å². The van der Waals surface area contributed by atoms with Crippen molar-refractivity contribution in [1.29, 1.82) is 0 Å². The van der Waals surface area contributed by atoms with E-state index in [9.17, 15) is 4.79 Å². The van der Waals surface area contributed by atoms with Crippen molar-refractivity contribution >= 4 is 5.97 Å². The van der Waals surface area contributed by atoms with Crippen molar-refractivity contribution in [3.8, 4) is 0 Å². The van der Waals surface area contributed by atoms with Crippen molar-refractivity contribution in [2.75, 3.05) is 19.8 Å². The second kappa shape index (κ2) is 14.1. The quantitative estimate of drug-likeness (QED) is 0.222. The fourth-order valence-electron chi connectivity index (χ4n) is 1.74. The van der Waals surface area contributed by atoms with Gasteiger partial charge in [0.25, 0.3) is 0 Å². The molecule has 0 spiro atoms. The van der Waals surface area contributed by atoms with Crippen molar-refractivity contribution in [3.05, 3.63) is 12.2 Å². The van der Waals surface area contributed by atoms with Gasteiger partial charge >= 0.3 is 5.97 Å². The summed E-state index contributed by atoms with van der Waals surface area (Å²) in [6, 6.07) is 0. The summed E-state index contributed by atoms with van der Waals surface area (Å²) in [7, 11) is 0. The molecule has 0 saturated carbocycles. The molecule has 0 rings (SSSR count). The highest BCUT2D eigenvalue weighted by atomic mass is 16.7. The topological polar surface area (TPSA) is 44.8 Å². The van der Waals surface area contributed by atoms with Gasteiger partial charge in [0.15, 0.2) is 6.29 Å². The number of allylic oxidation sites excluding steroid dienone is 1. The van der Waals surface area contributed by atoms with Crippen LogP contribution in [0.1, 0.15) is 59.8 Å². The molecule has 0 radical (unpaired) electrons. The van der Waals surface area contributed by atoms with E-state index in [1.165, 1.54) is 0 Å². The monoisotopic (exact) mass is 300 g/mol. The van der Waals surface area contributed by atoms with Gasteiger partial charge in [0, 0.05) is 19.6 Å². The summed E-state index contributed by atoms with van der Waals surface area (Å²) >= 11 is 0. The zero-order valence-corrected chi connectivity index (χ0v) is 14.1. The molecule has 0 aliphatic carbocycles. The SMILES string of the molecule is CCOC(/C=C\CCCCCC(=O)OCC(C)C)OCC. The maximum absolute atomic E-state index is 11.4. The summed E-state index contributed by atoms with van der Waals surface area (Å²) in [6.45, 7) is 9.81. The fourth-order valence-corrected chi connectivity index (χ4v) is 1.74. The third-order valence-electron chi connectivity index (χ3n) is 2.78. The first-order chi connectivity index (χ1) is 10.1. The molecule has 0 aliphatic heterocycles. The van der Waals surface area contributed by atoms with E-state index < -0.39 is 0 Å². The van der Waals surface area contributed by atoms with Gasteiger partial charge < -0.3 is 14.2 Å². The van der Waals surface area contributed by atoms with Crippen LogP contribution in [0.25, 0.3) is 0 Å². The Labute approximate surface area is 129 Å². The van der Waals surface area contributed by atoms with Crippen molar-refractivity contribution < 1.29 is 19.0 Å². The highest BCUT2D eigenvalue weighted by molar-refractivity contribution is 5.69. The summed E-state index contributed by atoms with van der Waals surface area (Å²) in [6.07, 6.45) is 8.33. The van der Waals surface area contributed by atoms with E-state index in [0.717, 1.165) is 25.7 Å². The summed E-state index contributed by atoms with van der Waals surface area (Å²) in [5.74, 6) is 0.328. The summed E-state index contributed by atoms with van der Waals surface area (Å²) in [4.78, 5) is 11.4. The van der Waals surface area contributed by atoms with Gasteiger partial charge in [-0.15, -0.1) is 0 Å². The number of rotatable bonds is 13. The fraction of sp³-hybridized carbons (Fsp3) is 0.824. The van der Waals surface area contributed by atoms with Gasteiger partial charge in [-0.1, -0.05) is 26.3 Å². The van der Waals surface area contributed by atoms with Crippen molar-refractivity contribution in [1.82, 2.24) is 0 Å². The van der Waals surface area contributed by atoms with Crippen LogP contribution in [0.4, 0.5) is 0 Å². The van der Waals surface area contributed by atoms with Gasteiger partial charge in [0.1, 0.15) is 0 Å². The Kier molecular flexibility index (Phi) is 13.5. The second-order valence-electron chi connectivity index (χ2n) is 5.38. The zero-order valence-electron chi connectivity index (χ0n) is 14.1. The molecule has 0 unspecified atom stereocenters. The smallest absolute Gasteiger partial charge is 0.305 e. The molecule has 4 heteroatoms. The number of carbonyl (C=O) groups excluding carboxylic acids is 1. The first-order valence-electron chi connectivity index (χ1n) is 8.15. The summed E-state index contributed by atoms with van der Waals surface area (Å²) in [5.41, 5.74) is 0. The molecule has 124 valence electrons. The lowest BCUT2D eigenvalue weighted by Gasteiger charge is -2.12. The molecule has 0 aromatic carbocycles. The second-order valence-corrected chi connectivity index (χ2v) is 5.38. The highest BCUT2D eigenvalue weighted by Gasteiger charge is 2.04. The predicted octanol–water partition coefficient (Wildman–Crippen LogP) is 4.09. The summed E-state index contributed by atoms with van der Waals surface area (Å²) in [5, 5.41) is 0. The van der Waals surface area contributed by atoms with Crippen LogP contribution in [0.5, 0.6) is 0 Å². The molecule has 0 bridgehead atoms. The molecule has 0 aliphatic rings. The van der Waals surface area contributed by atoms with Crippen LogP contribution in [0.2, 0.25) is 0 Å². The molecule has 0 amide bonds. The van der Waals surface area contributed by atoms with Crippen LogP contribution < -0.4 is 0 Å². The molecule has 21 heavy (non-hydrogen) atoms. The molecule has 0 aromatic heterocycles. The van der Waals surface area contributed by atoms with Crippen molar-refractivity contribution in [3.63, 3.8) is 0 Å². The van der Waals surface area contributed by atoms with E-state index in [-0.39, 0.29) is 12.3 Å². The minimum Gasteiger partial charge on any atom is -0.465 e. The number of hydrogen-bond donors (Lipinski definition) is 0. The molecule has 0 N–H and O–H groups in total. The Morgan fingerprint density at radius 2 is 1.71 bits per heavy atom. The first-order valence-corrected chi connectivity index (χ1v) is 8.15. The Hall–Kier alpha value is -0.870. The van der Waals surface area contributed by atoms with E-state index in [4.69, 9.17) is 14.2 Å². The molecule has 0 aromatic rings. The Bertz CT molecular complexity index is 268. The van der Waals surface area contributed by atoms with Crippen LogP contribution in [0, 0.1) is 5.92 Å². The Morgan fingerprint density at radius 1 is 1.05 bits per heavy atom. The minimum atomic E-state index is -0.231. The average Bonchev–Trinajstić information content (AvgIpc) is 2.44. The van der Waals surface area contributed by atoms with Crippen LogP contribution >= 0.6 is 0 Å². The largest absolute Gasteiger partial charge is 0.465 e. The van der Waals surface area contributed by atoms with Gasteiger partial charge in [-0.25, -0.2) is 0 Å². The minimum absolute atomic E-state index is 0.0769. The molecule has 4 nitrogen and oxygen atoms in total. The standard InChI is InChI=1S/C17H32O4/c1-5-19-17(20-6-2)13-11-9-7-8-10-12-16(18)21-14-15(3)4/h11,13,15,17H,5-10,12,14H2,1-4H3/b13-11-. The number of hydrogen-bond acceptors (Lipinski definition) is 4. The van der Waals surface area contributed by atoms with E-state index >= 15 is 0 Å². The number of carbonyl (C=O) groups is 1. The lowest BCUT2D eigenvalue weighted by molar-refractivity contribution is -0.144.